The standard InChI is InChI=1S/C18H23N3OS/c1-13-6-8-14(9-7-13)12-23-18(2,3)16(20)17(22)21-10-4-5-15(21)11-19/h4-9,15-16H,10,12,20H2,1-3H3. The van der Waals surface area contributed by atoms with Crippen LogP contribution in [-0.2, 0) is 10.5 Å². The average molecular weight is 329 g/mol. The number of nitrogens with two attached hydrogens (primary N) is 1. The summed E-state index contributed by atoms with van der Waals surface area (Å²) in [6, 6.07) is 9.35. The van der Waals surface area contributed by atoms with Crippen LogP contribution < -0.4 is 5.73 Å². The molecular weight excluding hydrogens is 306 g/mol. The van der Waals surface area contributed by atoms with Crippen LogP contribution in [0.4, 0.5) is 0 Å². The lowest BCUT2D eigenvalue weighted by molar-refractivity contribution is -0.132. The lowest BCUT2D eigenvalue weighted by atomic mass is 10.0. The van der Waals surface area contributed by atoms with Crippen molar-refractivity contribution in [1.29, 1.82) is 5.26 Å². The van der Waals surface area contributed by atoms with E-state index in [1.165, 1.54) is 11.1 Å². The first-order valence-electron chi connectivity index (χ1n) is 7.67. The monoisotopic (exact) mass is 329 g/mol. The van der Waals surface area contributed by atoms with Gasteiger partial charge in [0.2, 0.25) is 5.91 Å². The number of aryl methyl sites for hydroxylation is 1. The Balaban J connectivity index is 1.99. The predicted molar refractivity (Wildman–Crippen MR) is 94.8 cm³/mol. The maximum Gasteiger partial charge on any atom is 0.242 e. The van der Waals surface area contributed by atoms with Gasteiger partial charge in [-0.1, -0.05) is 35.9 Å². The highest BCUT2D eigenvalue weighted by Crippen LogP contribution is 2.32. The maximum absolute atomic E-state index is 12.6. The molecule has 0 saturated carbocycles. The summed E-state index contributed by atoms with van der Waals surface area (Å²) in [4.78, 5) is 14.2. The lowest BCUT2D eigenvalue weighted by Gasteiger charge is -2.33. The van der Waals surface area contributed by atoms with E-state index in [0.29, 0.717) is 6.54 Å². The summed E-state index contributed by atoms with van der Waals surface area (Å²) in [5, 5.41) is 9.10. The molecule has 0 aromatic heterocycles. The fourth-order valence-corrected chi connectivity index (χ4v) is 3.39. The van der Waals surface area contributed by atoms with Crippen LogP contribution in [0, 0.1) is 18.3 Å². The van der Waals surface area contributed by atoms with Crippen molar-refractivity contribution in [1.82, 2.24) is 4.90 Å². The molecule has 0 spiro atoms. The van der Waals surface area contributed by atoms with Gasteiger partial charge >= 0.3 is 0 Å². The second kappa shape index (κ2) is 7.20. The van der Waals surface area contributed by atoms with Gasteiger partial charge in [0.05, 0.1) is 12.1 Å². The molecule has 2 unspecified atom stereocenters. The molecule has 2 rings (SSSR count). The van der Waals surface area contributed by atoms with E-state index in [0.717, 1.165) is 5.75 Å². The Labute approximate surface area is 142 Å². The molecule has 1 aliphatic rings. The van der Waals surface area contributed by atoms with Crippen molar-refractivity contribution in [2.24, 2.45) is 5.73 Å². The SMILES string of the molecule is Cc1ccc(CSC(C)(C)C(N)C(=O)N2CC=CC2C#N)cc1. The van der Waals surface area contributed by atoms with Crippen LogP contribution in [-0.4, -0.2) is 34.2 Å². The largest absolute Gasteiger partial charge is 0.319 e. The third kappa shape index (κ3) is 4.15. The molecule has 4 nitrogen and oxygen atoms in total. The second-order valence-corrected chi connectivity index (χ2v) is 7.98. The summed E-state index contributed by atoms with van der Waals surface area (Å²) >= 11 is 1.67. The fraction of sp³-hybridized carbons (Fsp3) is 0.444. The molecule has 0 bridgehead atoms. The number of rotatable bonds is 5. The summed E-state index contributed by atoms with van der Waals surface area (Å²) in [5.74, 6) is 0.636. The summed E-state index contributed by atoms with van der Waals surface area (Å²) in [5.41, 5.74) is 8.68. The van der Waals surface area contributed by atoms with Crippen molar-refractivity contribution >= 4 is 17.7 Å². The Hall–Kier alpha value is -1.77. The summed E-state index contributed by atoms with van der Waals surface area (Å²) < 4.78 is -0.412. The molecule has 0 aliphatic carbocycles. The van der Waals surface area contributed by atoms with Gasteiger partial charge in [-0.3, -0.25) is 4.79 Å². The highest BCUT2D eigenvalue weighted by molar-refractivity contribution is 7.99. The van der Waals surface area contributed by atoms with Crippen molar-refractivity contribution in [2.75, 3.05) is 6.54 Å². The Morgan fingerprint density at radius 1 is 1.48 bits per heavy atom. The quantitative estimate of drug-likeness (QED) is 0.843. The van der Waals surface area contributed by atoms with Gasteiger partial charge in [-0.15, -0.1) is 11.8 Å². The highest BCUT2D eigenvalue weighted by atomic mass is 32.2. The molecule has 0 fully saturated rings. The predicted octanol–water partition coefficient (Wildman–Crippen LogP) is 2.62. The molecule has 1 aromatic carbocycles. The number of nitrogens with zero attached hydrogens (tertiary/aromatic N) is 2. The van der Waals surface area contributed by atoms with Crippen LogP contribution in [0.1, 0.15) is 25.0 Å². The number of amides is 1. The van der Waals surface area contributed by atoms with E-state index in [9.17, 15) is 4.79 Å². The zero-order valence-electron chi connectivity index (χ0n) is 13.8. The zero-order chi connectivity index (χ0) is 17.0. The Morgan fingerprint density at radius 2 is 2.13 bits per heavy atom. The first-order valence-corrected chi connectivity index (χ1v) is 8.65. The minimum absolute atomic E-state index is 0.164. The molecule has 1 amide bonds. The molecule has 23 heavy (non-hydrogen) atoms. The van der Waals surface area contributed by atoms with E-state index < -0.39 is 16.8 Å². The fourth-order valence-electron chi connectivity index (χ4n) is 2.38. The van der Waals surface area contributed by atoms with Gasteiger partial charge in [-0.2, -0.15) is 5.26 Å². The Kier molecular flexibility index (Phi) is 5.51. The van der Waals surface area contributed by atoms with Gasteiger partial charge in [0, 0.05) is 17.0 Å². The molecule has 0 radical (unpaired) electrons. The van der Waals surface area contributed by atoms with Crippen molar-refractivity contribution < 1.29 is 4.79 Å². The number of thioether (sulfide) groups is 1. The summed E-state index contributed by atoms with van der Waals surface area (Å²) in [7, 11) is 0. The van der Waals surface area contributed by atoms with Crippen LogP contribution in [0.5, 0.6) is 0 Å². The minimum Gasteiger partial charge on any atom is -0.319 e. The lowest BCUT2D eigenvalue weighted by Crippen LogP contribution is -2.54. The molecule has 2 N–H and O–H groups in total. The van der Waals surface area contributed by atoms with Gasteiger partial charge < -0.3 is 10.6 Å². The van der Waals surface area contributed by atoms with Crippen molar-refractivity contribution in [2.45, 2.75) is 43.4 Å². The number of hydrogen-bond donors (Lipinski definition) is 1. The molecule has 1 aromatic rings. The van der Waals surface area contributed by atoms with E-state index in [-0.39, 0.29) is 5.91 Å². The van der Waals surface area contributed by atoms with Crippen LogP contribution in [0.25, 0.3) is 0 Å². The number of hydrogen-bond acceptors (Lipinski definition) is 4. The van der Waals surface area contributed by atoms with Gasteiger partial charge in [0.15, 0.2) is 0 Å². The number of carbonyl (C=O) groups is 1. The van der Waals surface area contributed by atoms with Crippen molar-refractivity contribution in [3.8, 4) is 6.07 Å². The highest BCUT2D eigenvalue weighted by Gasteiger charge is 2.37. The second-order valence-electron chi connectivity index (χ2n) is 6.35. The van der Waals surface area contributed by atoms with E-state index in [1.807, 2.05) is 19.9 Å². The van der Waals surface area contributed by atoms with E-state index in [2.05, 4.69) is 37.3 Å². The van der Waals surface area contributed by atoms with Crippen LogP contribution in [0.3, 0.4) is 0 Å². The topological polar surface area (TPSA) is 70.1 Å². The summed E-state index contributed by atoms with van der Waals surface area (Å²) in [6.07, 6.45) is 3.59. The zero-order valence-corrected chi connectivity index (χ0v) is 14.6. The van der Waals surface area contributed by atoms with Crippen molar-refractivity contribution in [3.05, 3.63) is 47.5 Å². The average Bonchev–Trinajstić information content (AvgIpc) is 3.01. The van der Waals surface area contributed by atoms with Gasteiger partial charge in [0.1, 0.15) is 6.04 Å². The first-order chi connectivity index (χ1) is 10.8. The van der Waals surface area contributed by atoms with Crippen LogP contribution in [0.15, 0.2) is 36.4 Å². The number of carbonyl (C=O) groups excluding carboxylic acids is 1. The van der Waals surface area contributed by atoms with Crippen LogP contribution in [0.2, 0.25) is 0 Å². The molecule has 0 saturated heterocycles. The van der Waals surface area contributed by atoms with E-state index >= 15 is 0 Å². The number of nitriles is 1. The Bertz CT molecular complexity index is 631. The molecule has 2 atom stereocenters. The molecular formula is C18H23N3OS. The molecule has 5 heteroatoms. The third-order valence-electron chi connectivity index (χ3n) is 4.12. The number of benzene rings is 1. The molecule has 122 valence electrons. The van der Waals surface area contributed by atoms with Gasteiger partial charge in [0.25, 0.3) is 0 Å². The van der Waals surface area contributed by atoms with E-state index in [4.69, 9.17) is 11.0 Å². The van der Waals surface area contributed by atoms with E-state index in [1.54, 1.807) is 22.7 Å². The van der Waals surface area contributed by atoms with Crippen LogP contribution >= 0.6 is 11.8 Å². The Morgan fingerprint density at radius 3 is 2.74 bits per heavy atom. The first kappa shape index (κ1) is 17.6. The normalized spacial score (nSPS) is 18.7. The minimum atomic E-state index is -0.645. The summed E-state index contributed by atoms with van der Waals surface area (Å²) in [6.45, 7) is 6.49. The molecule has 1 heterocycles. The molecule has 1 aliphatic heterocycles. The van der Waals surface area contributed by atoms with Gasteiger partial charge in [-0.25, -0.2) is 0 Å². The third-order valence-corrected chi connectivity index (χ3v) is 5.59. The maximum atomic E-state index is 12.6. The van der Waals surface area contributed by atoms with Gasteiger partial charge in [-0.05, 0) is 32.4 Å². The smallest absolute Gasteiger partial charge is 0.242 e. The van der Waals surface area contributed by atoms with Crippen molar-refractivity contribution in [3.63, 3.8) is 0 Å².